The van der Waals surface area contributed by atoms with Gasteiger partial charge in [-0.05, 0) is 19.8 Å². The average molecular weight is 305 g/mol. The molecule has 0 aliphatic rings. The van der Waals surface area contributed by atoms with Gasteiger partial charge in [-0.1, -0.05) is 0 Å². The maximum atomic E-state index is 11.4. The first-order valence-corrected chi connectivity index (χ1v) is 5.12. The van der Waals surface area contributed by atoms with E-state index in [1.807, 2.05) is 0 Å². The van der Waals surface area contributed by atoms with E-state index < -0.39 is 6.04 Å². The minimum atomic E-state index is -0.487. The lowest BCUT2D eigenvalue weighted by atomic mass is 10.2. The summed E-state index contributed by atoms with van der Waals surface area (Å²) < 4.78 is 4.87. The Morgan fingerprint density at radius 2 is 2.00 bits per heavy atom. The number of hydrogen-bond acceptors (Lipinski definition) is 5. The first-order chi connectivity index (χ1) is 7.61. The van der Waals surface area contributed by atoms with Gasteiger partial charge in [0.1, 0.15) is 6.04 Å². The topological polar surface area (TPSA) is 112 Å². The van der Waals surface area contributed by atoms with Gasteiger partial charge < -0.3 is 21.0 Å². The number of esters is 1. The Labute approximate surface area is 119 Å². The average Bonchev–Trinajstić information content (AvgIpc) is 2.22. The van der Waals surface area contributed by atoms with Crippen LogP contribution in [0.1, 0.15) is 19.8 Å². The van der Waals surface area contributed by atoms with E-state index in [4.69, 9.17) is 21.0 Å². The Morgan fingerprint density at radius 3 is 2.44 bits per heavy atom. The number of ether oxygens (including phenoxy) is 1. The highest BCUT2D eigenvalue weighted by molar-refractivity contribution is 5.85. The highest BCUT2D eigenvalue weighted by atomic mass is 35.5. The fourth-order valence-corrected chi connectivity index (χ4v) is 1.11. The van der Waals surface area contributed by atoms with Gasteiger partial charge in [0, 0.05) is 6.54 Å². The predicted molar refractivity (Wildman–Crippen MR) is 75.0 cm³/mol. The van der Waals surface area contributed by atoms with Gasteiger partial charge in [0.25, 0.3) is 0 Å². The van der Waals surface area contributed by atoms with Crippen LogP contribution >= 0.6 is 24.8 Å². The van der Waals surface area contributed by atoms with Crippen molar-refractivity contribution >= 4 is 36.7 Å². The molecule has 9 heteroatoms. The molecule has 5 N–H and O–H groups in total. The van der Waals surface area contributed by atoms with E-state index in [0.717, 1.165) is 0 Å². The number of hydroxylamine groups is 1. The summed E-state index contributed by atoms with van der Waals surface area (Å²) in [6.45, 7) is 2.57. The second-order valence-electron chi connectivity index (χ2n) is 3.08. The summed E-state index contributed by atoms with van der Waals surface area (Å²) in [6, 6.07) is -0.487. The molecule has 0 aliphatic heterocycles. The van der Waals surface area contributed by atoms with Crippen molar-refractivity contribution in [3.05, 3.63) is 0 Å². The summed E-state index contributed by atoms with van der Waals surface area (Å²) in [5.41, 5.74) is 12.9. The summed E-state index contributed by atoms with van der Waals surface area (Å²) in [5, 5.41) is 0. The van der Waals surface area contributed by atoms with E-state index in [0.29, 0.717) is 26.0 Å². The van der Waals surface area contributed by atoms with Gasteiger partial charge in [-0.15, -0.1) is 24.8 Å². The van der Waals surface area contributed by atoms with Crippen LogP contribution in [0.4, 0.5) is 0 Å². The molecular weight excluding hydrogens is 283 g/mol. The SMILES string of the molecule is CCOC(=O)[C@H](CCCN=C(N)N)NOC.Cl.Cl. The third kappa shape index (κ3) is 11.7. The van der Waals surface area contributed by atoms with Crippen LogP contribution in [0.3, 0.4) is 0 Å². The van der Waals surface area contributed by atoms with E-state index in [9.17, 15) is 4.79 Å². The molecule has 0 fully saturated rings. The number of halogens is 2. The number of carbonyl (C=O) groups excluding carboxylic acids is 1. The zero-order chi connectivity index (χ0) is 12.4. The molecule has 0 radical (unpaired) electrons. The van der Waals surface area contributed by atoms with Gasteiger partial charge in [0.15, 0.2) is 5.96 Å². The van der Waals surface area contributed by atoms with Gasteiger partial charge in [-0.2, -0.15) is 5.48 Å². The molecule has 0 aliphatic carbocycles. The zero-order valence-electron chi connectivity index (χ0n) is 10.5. The van der Waals surface area contributed by atoms with Crippen molar-refractivity contribution in [2.75, 3.05) is 20.3 Å². The van der Waals surface area contributed by atoms with E-state index in [1.54, 1.807) is 6.92 Å². The van der Waals surface area contributed by atoms with Gasteiger partial charge >= 0.3 is 5.97 Å². The van der Waals surface area contributed by atoms with Gasteiger partial charge in [-0.3, -0.25) is 9.79 Å². The Hall–Kier alpha value is -0.760. The van der Waals surface area contributed by atoms with E-state index in [2.05, 4.69) is 10.5 Å². The number of nitrogens with one attached hydrogen (secondary N) is 1. The van der Waals surface area contributed by atoms with Crippen molar-refractivity contribution < 1.29 is 14.4 Å². The molecular formula is C9H22Cl2N4O3. The maximum absolute atomic E-state index is 11.4. The highest BCUT2D eigenvalue weighted by Crippen LogP contribution is 2.00. The van der Waals surface area contributed by atoms with E-state index >= 15 is 0 Å². The lowest BCUT2D eigenvalue weighted by molar-refractivity contribution is -0.149. The number of aliphatic imine (C=N–C) groups is 1. The van der Waals surface area contributed by atoms with Crippen molar-refractivity contribution in [1.29, 1.82) is 0 Å². The first kappa shape index (κ1) is 22.4. The molecule has 0 saturated heterocycles. The summed E-state index contributed by atoms with van der Waals surface area (Å²) in [5.74, 6) is -0.290. The summed E-state index contributed by atoms with van der Waals surface area (Å²) in [6.07, 6.45) is 1.21. The van der Waals surface area contributed by atoms with Crippen molar-refractivity contribution in [2.24, 2.45) is 16.5 Å². The van der Waals surface area contributed by atoms with Crippen LogP contribution in [-0.4, -0.2) is 38.2 Å². The van der Waals surface area contributed by atoms with Crippen LogP contribution < -0.4 is 16.9 Å². The molecule has 0 spiro atoms. The number of guanidine groups is 1. The molecule has 7 nitrogen and oxygen atoms in total. The third-order valence-corrected chi connectivity index (χ3v) is 1.78. The second kappa shape index (κ2) is 14.3. The van der Waals surface area contributed by atoms with Gasteiger partial charge in [0.2, 0.25) is 0 Å². The largest absolute Gasteiger partial charge is 0.465 e. The quantitative estimate of drug-likeness (QED) is 0.191. The zero-order valence-corrected chi connectivity index (χ0v) is 12.2. The van der Waals surface area contributed by atoms with E-state index in [1.165, 1.54) is 7.11 Å². The second-order valence-corrected chi connectivity index (χ2v) is 3.08. The van der Waals surface area contributed by atoms with Crippen molar-refractivity contribution in [1.82, 2.24) is 5.48 Å². The number of nitrogens with two attached hydrogens (primary N) is 2. The normalized spacial score (nSPS) is 10.6. The molecule has 0 rings (SSSR count). The van der Waals surface area contributed by atoms with Crippen LogP contribution in [0.5, 0.6) is 0 Å². The van der Waals surface area contributed by atoms with E-state index in [-0.39, 0.29) is 36.7 Å². The fourth-order valence-electron chi connectivity index (χ4n) is 1.11. The molecule has 1 atom stereocenters. The monoisotopic (exact) mass is 304 g/mol. The Morgan fingerprint density at radius 1 is 1.39 bits per heavy atom. The highest BCUT2D eigenvalue weighted by Gasteiger charge is 2.18. The summed E-state index contributed by atoms with van der Waals surface area (Å²) in [7, 11) is 1.45. The van der Waals surface area contributed by atoms with Crippen LogP contribution in [0.2, 0.25) is 0 Å². The molecule has 0 saturated carbocycles. The number of nitrogens with zero attached hydrogens (tertiary/aromatic N) is 1. The molecule has 18 heavy (non-hydrogen) atoms. The van der Waals surface area contributed by atoms with Crippen LogP contribution in [0.15, 0.2) is 4.99 Å². The van der Waals surface area contributed by atoms with Crippen LogP contribution in [0, 0.1) is 0 Å². The Kier molecular flexibility index (Phi) is 17.8. The molecule has 0 unspecified atom stereocenters. The standard InChI is InChI=1S/C9H20N4O3.2ClH/c1-3-16-8(14)7(13-15-2)5-4-6-12-9(10)11;;/h7,13H,3-6H2,1-2H3,(H4,10,11,12);2*1H/t7-;;/m0../s1. The minimum absolute atomic E-state index is 0. The van der Waals surface area contributed by atoms with Gasteiger partial charge in [-0.25, -0.2) is 0 Å². The number of rotatable bonds is 8. The molecule has 0 bridgehead atoms. The predicted octanol–water partition coefficient (Wildman–Crippen LogP) is -0.0337. The third-order valence-electron chi connectivity index (χ3n) is 1.78. The van der Waals surface area contributed by atoms with Crippen molar-refractivity contribution in [3.63, 3.8) is 0 Å². The molecule has 0 aromatic heterocycles. The van der Waals surface area contributed by atoms with Crippen LogP contribution in [0.25, 0.3) is 0 Å². The van der Waals surface area contributed by atoms with Crippen molar-refractivity contribution in [2.45, 2.75) is 25.8 Å². The first-order valence-electron chi connectivity index (χ1n) is 5.12. The number of carbonyl (C=O) groups is 1. The maximum Gasteiger partial charge on any atom is 0.325 e. The number of hydrogen-bond donors (Lipinski definition) is 3. The minimum Gasteiger partial charge on any atom is -0.465 e. The molecule has 0 aromatic rings. The summed E-state index contributed by atoms with van der Waals surface area (Å²) in [4.78, 5) is 19.9. The lowest BCUT2D eigenvalue weighted by Gasteiger charge is -2.14. The Balaban J connectivity index is -0.00000112. The van der Waals surface area contributed by atoms with Crippen molar-refractivity contribution in [3.8, 4) is 0 Å². The Bertz CT molecular complexity index is 238. The molecule has 0 aromatic carbocycles. The fraction of sp³-hybridized carbons (Fsp3) is 0.778. The molecule has 0 amide bonds. The molecule has 110 valence electrons. The van der Waals surface area contributed by atoms with Crippen LogP contribution in [-0.2, 0) is 14.4 Å². The summed E-state index contributed by atoms with van der Waals surface area (Å²) >= 11 is 0. The van der Waals surface area contributed by atoms with Gasteiger partial charge in [0.05, 0.1) is 13.7 Å². The smallest absolute Gasteiger partial charge is 0.325 e. The molecule has 0 heterocycles. The lowest BCUT2D eigenvalue weighted by Crippen LogP contribution is -2.37.